The van der Waals surface area contributed by atoms with Crippen molar-refractivity contribution in [2.45, 2.75) is 39.7 Å². The zero-order chi connectivity index (χ0) is 11.9. The Morgan fingerprint density at radius 1 is 1.40 bits per heavy atom. The average molecular weight is 211 g/mol. The van der Waals surface area contributed by atoms with E-state index in [-0.39, 0.29) is 5.54 Å². The summed E-state index contributed by atoms with van der Waals surface area (Å²) in [5, 5.41) is 12.0. The summed E-state index contributed by atoms with van der Waals surface area (Å²) in [5.41, 5.74) is 0.194. The van der Waals surface area contributed by atoms with Crippen molar-refractivity contribution in [1.29, 1.82) is 5.26 Å². The van der Waals surface area contributed by atoms with Crippen molar-refractivity contribution in [3.05, 3.63) is 0 Å². The van der Waals surface area contributed by atoms with E-state index in [4.69, 9.17) is 5.26 Å². The van der Waals surface area contributed by atoms with Crippen molar-refractivity contribution in [3.8, 4) is 6.07 Å². The summed E-state index contributed by atoms with van der Waals surface area (Å²) in [7, 11) is 2.07. The first kappa shape index (κ1) is 14.4. The molecule has 3 heteroatoms. The minimum atomic E-state index is 0.194. The largest absolute Gasteiger partial charge is 0.312 e. The van der Waals surface area contributed by atoms with E-state index in [1.807, 2.05) is 0 Å². The summed E-state index contributed by atoms with van der Waals surface area (Å²) in [5.74, 6) is 0.618. The van der Waals surface area contributed by atoms with Gasteiger partial charge in [0.25, 0.3) is 0 Å². The van der Waals surface area contributed by atoms with Crippen molar-refractivity contribution < 1.29 is 0 Å². The molecule has 0 aliphatic heterocycles. The van der Waals surface area contributed by atoms with Gasteiger partial charge in [-0.15, -0.1) is 0 Å². The molecule has 3 nitrogen and oxygen atoms in total. The molecular formula is C12H25N3. The summed E-state index contributed by atoms with van der Waals surface area (Å²) in [6.07, 6.45) is 0.621. The Morgan fingerprint density at radius 3 is 2.47 bits per heavy atom. The first-order chi connectivity index (χ1) is 6.85. The van der Waals surface area contributed by atoms with Gasteiger partial charge in [-0.25, -0.2) is 0 Å². The second kappa shape index (κ2) is 6.81. The van der Waals surface area contributed by atoms with Crippen LogP contribution < -0.4 is 5.32 Å². The Kier molecular flexibility index (Phi) is 6.55. The van der Waals surface area contributed by atoms with E-state index in [9.17, 15) is 0 Å². The second-order valence-corrected chi connectivity index (χ2v) is 5.41. The molecule has 1 atom stereocenters. The molecule has 0 fully saturated rings. The molecular weight excluding hydrogens is 186 g/mol. The summed E-state index contributed by atoms with van der Waals surface area (Å²) in [6.45, 7) is 11.7. The van der Waals surface area contributed by atoms with Gasteiger partial charge in [0.05, 0.1) is 6.07 Å². The smallest absolute Gasteiger partial charge is 0.0635 e. The third-order valence-corrected chi connectivity index (χ3v) is 2.21. The first-order valence-electron chi connectivity index (χ1n) is 5.65. The number of rotatable bonds is 6. The van der Waals surface area contributed by atoms with Gasteiger partial charge in [-0.3, -0.25) is 0 Å². The minimum absolute atomic E-state index is 0.194. The number of nitriles is 1. The van der Waals surface area contributed by atoms with Gasteiger partial charge in [0.15, 0.2) is 0 Å². The van der Waals surface area contributed by atoms with Crippen LogP contribution in [0.1, 0.15) is 34.1 Å². The molecule has 0 saturated carbocycles. The zero-order valence-electron chi connectivity index (χ0n) is 10.8. The zero-order valence-corrected chi connectivity index (χ0v) is 10.8. The lowest BCUT2D eigenvalue weighted by molar-refractivity contribution is 0.272. The molecule has 0 radical (unpaired) electrons. The fourth-order valence-electron chi connectivity index (χ4n) is 1.41. The maximum atomic E-state index is 8.47. The van der Waals surface area contributed by atoms with E-state index >= 15 is 0 Å². The van der Waals surface area contributed by atoms with Crippen LogP contribution >= 0.6 is 0 Å². The van der Waals surface area contributed by atoms with Crippen molar-refractivity contribution in [2.24, 2.45) is 5.92 Å². The predicted molar refractivity (Wildman–Crippen MR) is 64.6 cm³/mol. The predicted octanol–water partition coefficient (Wildman–Crippen LogP) is 1.86. The standard InChI is InChI=1S/C12H25N3/c1-11(9-14-12(2,3)4)10-15(5)8-6-7-13/h11,14H,6,8-10H2,1-5H3. The van der Waals surface area contributed by atoms with Gasteiger partial charge in [0.1, 0.15) is 0 Å². The van der Waals surface area contributed by atoms with E-state index in [0.29, 0.717) is 12.3 Å². The van der Waals surface area contributed by atoms with Crippen molar-refractivity contribution in [1.82, 2.24) is 10.2 Å². The fraction of sp³-hybridized carbons (Fsp3) is 0.917. The van der Waals surface area contributed by atoms with Crippen LogP contribution in [0.15, 0.2) is 0 Å². The molecule has 0 rings (SSSR count). The molecule has 1 N–H and O–H groups in total. The Labute approximate surface area is 94.5 Å². The third kappa shape index (κ3) is 9.71. The van der Waals surface area contributed by atoms with Gasteiger partial charge in [-0.2, -0.15) is 5.26 Å². The highest BCUT2D eigenvalue weighted by molar-refractivity contribution is 4.74. The molecule has 15 heavy (non-hydrogen) atoms. The Balaban J connectivity index is 3.65. The van der Waals surface area contributed by atoms with Gasteiger partial charge >= 0.3 is 0 Å². The Bertz CT molecular complexity index is 200. The van der Waals surface area contributed by atoms with Crippen molar-refractivity contribution >= 4 is 0 Å². The molecule has 0 aromatic rings. The van der Waals surface area contributed by atoms with Crippen LogP contribution in [-0.2, 0) is 0 Å². The third-order valence-electron chi connectivity index (χ3n) is 2.21. The monoisotopic (exact) mass is 211 g/mol. The van der Waals surface area contributed by atoms with Gasteiger partial charge in [-0.05, 0) is 40.3 Å². The maximum Gasteiger partial charge on any atom is 0.0635 e. The van der Waals surface area contributed by atoms with Gasteiger partial charge in [-0.1, -0.05) is 6.92 Å². The summed E-state index contributed by atoms with van der Waals surface area (Å²) in [4.78, 5) is 2.22. The Morgan fingerprint density at radius 2 is 2.00 bits per heavy atom. The average Bonchev–Trinajstić information content (AvgIpc) is 2.10. The highest BCUT2D eigenvalue weighted by atomic mass is 15.1. The molecule has 0 aromatic carbocycles. The molecule has 0 heterocycles. The minimum Gasteiger partial charge on any atom is -0.312 e. The Hall–Kier alpha value is -0.590. The fourth-order valence-corrected chi connectivity index (χ4v) is 1.41. The summed E-state index contributed by atoms with van der Waals surface area (Å²) >= 11 is 0. The van der Waals surface area contributed by atoms with E-state index in [0.717, 1.165) is 19.6 Å². The molecule has 0 aliphatic rings. The summed E-state index contributed by atoms with van der Waals surface area (Å²) < 4.78 is 0. The van der Waals surface area contributed by atoms with Gasteiger partial charge in [0, 0.05) is 25.0 Å². The van der Waals surface area contributed by atoms with E-state index < -0.39 is 0 Å². The van der Waals surface area contributed by atoms with Crippen LogP contribution in [0.4, 0.5) is 0 Å². The van der Waals surface area contributed by atoms with Crippen molar-refractivity contribution in [2.75, 3.05) is 26.7 Å². The molecule has 0 bridgehead atoms. The van der Waals surface area contributed by atoms with Crippen molar-refractivity contribution in [3.63, 3.8) is 0 Å². The quantitative estimate of drug-likeness (QED) is 0.729. The molecule has 0 amide bonds. The van der Waals surface area contributed by atoms with Crippen LogP contribution in [0.25, 0.3) is 0 Å². The lowest BCUT2D eigenvalue weighted by atomic mass is 10.1. The van der Waals surface area contributed by atoms with Crippen LogP contribution in [0.3, 0.4) is 0 Å². The van der Waals surface area contributed by atoms with E-state index in [1.165, 1.54) is 0 Å². The second-order valence-electron chi connectivity index (χ2n) is 5.41. The highest BCUT2D eigenvalue weighted by Crippen LogP contribution is 2.02. The van der Waals surface area contributed by atoms with Crippen LogP contribution in [-0.4, -0.2) is 37.1 Å². The maximum absolute atomic E-state index is 8.47. The number of nitrogens with one attached hydrogen (secondary N) is 1. The topological polar surface area (TPSA) is 39.1 Å². The number of hydrogen-bond acceptors (Lipinski definition) is 3. The lowest BCUT2D eigenvalue weighted by Crippen LogP contribution is -2.41. The number of hydrogen-bond donors (Lipinski definition) is 1. The van der Waals surface area contributed by atoms with E-state index in [1.54, 1.807) is 0 Å². The molecule has 0 aromatic heterocycles. The van der Waals surface area contributed by atoms with Crippen LogP contribution in [0.2, 0.25) is 0 Å². The van der Waals surface area contributed by atoms with Gasteiger partial charge < -0.3 is 10.2 Å². The SMILES string of the molecule is CC(CNC(C)(C)C)CN(C)CCC#N. The van der Waals surface area contributed by atoms with Crippen LogP contribution in [0.5, 0.6) is 0 Å². The normalized spacial score (nSPS) is 13.9. The molecule has 0 saturated heterocycles. The van der Waals surface area contributed by atoms with Crippen LogP contribution in [0, 0.1) is 17.2 Å². The molecule has 0 aliphatic carbocycles. The molecule has 1 unspecified atom stereocenters. The molecule has 88 valence electrons. The first-order valence-corrected chi connectivity index (χ1v) is 5.65. The summed E-state index contributed by atoms with van der Waals surface area (Å²) in [6, 6.07) is 2.17. The lowest BCUT2D eigenvalue weighted by Gasteiger charge is -2.26. The highest BCUT2D eigenvalue weighted by Gasteiger charge is 2.12. The number of nitrogens with zero attached hydrogens (tertiary/aromatic N) is 2. The van der Waals surface area contributed by atoms with E-state index in [2.05, 4.69) is 51.0 Å². The molecule has 0 spiro atoms. The van der Waals surface area contributed by atoms with Gasteiger partial charge in [0.2, 0.25) is 0 Å².